The predicted octanol–water partition coefficient (Wildman–Crippen LogP) is 2.41. The average molecular weight is 329 g/mol. The van der Waals surface area contributed by atoms with Crippen LogP contribution < -0.4 is 15.5 Å². The molecular formula is C17H23N5O2. The summed E-state index contributed by atoms with van der Waals surface area (Å²) in [6.07, 6.45) is 5.42. The van der Waals surface area contributed by atoms with Gasteiger partial charge in [0.2, 0.25) is 5.95 Å². The number of hydrogen-bond acceptors (Lipinski definition) is 5. The van der Waals surface area contributed by atoms with Crippen LogP contribution in [0.4, 0.5) is 10.7 Å². The number of nitrogens with one attached hydrogen (secondary N) is 2. The monoisotopic (exact) mass is 329 g/mol. The van der Waals surface area contributed by atoms with Crippen molar-refractivity contribution in [2.24, 2.45) is 0 Å². The van der Waals surface area contributed by atoms with E-state index in [0.29, 0.717) is 12.5 Å². The van der Waals surface area contributed by atoms with E-state index in [-0.39, 0.29) is 18.1 Å². The lowest BCUT2D eigenvalue weighted by Crippen LogP contribution is -2.51. The zero-order chi connectivity index (χ0) is 16.9. The Morgan fingerprint density at radius 3 is 2.88 bits per heavy atom. The van der Waals surface area contributed by atoms with Gasteiger partial charge in [-0.05, 0) is 44.9 Å². The molecule has 3 rings (SSSR count). The normalized spacial score (nSPS) is 18.9. The molecule has 7 nitrogen and oxygen atoms in total. The highest BCUT2D eigenvalue weighted by Crippen LogP contribution is 2.17. The predicted molar refractivity (Wildman–Crippen MR) is 90.8 cm³/mol. The lowest BCUT2D eigenvalue weighted by Gasteiger charge is -2.33. The van der Waals surface area contributed by atoms with Gasteiger partial charge in [0.1, 0.15) is 11.5 Å². The minimum atomic E-state index is -0.183. The maximum Gasteiger partial charge on any atom is 0.315 e. The molecule has 2 atom stereocenters. The van der Waals surface area contributed by atoms with Crippen LogP contribution in [-0.4, -0.2) is 35.1 Å². The Hall–Kier alpha value is -2.57. The van der Waals surface area contributed by atoms with E-state index in [0.717, 1.165) is 30.9 Å². The van der Waals surface area contributed by atoms with Gasteiger partial charge in [0.05, 0.1) is 6.04 Å². The second-order valence-electron chi connectivity index (χ2n) is 6.12. The van der Waals surface area contributed by atoms with Crippen LogP contribution in [0.15, 0.2) is 35.0 Å². The summed E-state index contributed by atoms with van der Waals surface area (Å²) in [5.74, 6) is 2.30. The van der Waals surface area contributed by atoms with Crippen molar-refractivity contribution in [2.75, 3.05) is 18.0 Å². The van der Waals surface area contributed by atoms with Gasteiger partial charge in [0.15, 0.2) is 0 Å². The van der Waals surface area contributed by atoms with Crippen LogP contribution in [0.1, 0.15) is 37.3 Å². The topological polar surface area (TPSA) is 83.3 Å². The van der Waals surface area contributed by atoms with E-state index >= 15 is 0 Å². The van der Waals surface area contributed by atoms with Crippen LogP contribution in [0.2, 0.25) is 0 Å². The van der Waals surface area contributed by atoms with Gasteiger partial charge in [-0.1, -0.05) is 0 Å². The summed E-state index contributed by atoms with van der Waals surface area (Å²) < 4.78 is 5.54. The zero-order valence-corrected chi connectivity index (χ0v) is 14.0. The number of nitrogens with zero attached hydrogens (tertiary/aromatic N) is 3. The lowest BCUT2D eigenvalue weighted by atomic mass is 10.1. The number of carbonyl (C=O) groups excluding carboxylic acids is 1. The van der Waals surface area contributed by atoms with Crippen LogP contribution in [0.5, 0.6) is 0 Å². The van der Waals surface area contributed by atoms with Gasteiger partial charge in [-0.15, -0.1) is 0 Å². The first-order chi connectivity index (χ1) is 11.6. The Kier molecular flexibility index (Phi) is 4.98. The molecule has 1 aliphatic heterocycles. The molecule has 2 aromatic rings. The Balaban J connectivity index is 1.52. The van der Waals surface area contributed by atoms with E-state index in [1.807, 2.05) is 26.0 Å². The van der Waals surface area contributed by atoms with Gasteiger partial charge in [-0.3, -0.25) is 0 Å². The largest absolute Gasteiger partial charge is 0.464 e. The second kappa shape index (κ2) is 7.33. The van der Waals surface area contributed by atoms with E-state index in [4.69, 9.17) is 4.42 Å². The summed E-state index contributed by atoms with van der Waals surface area (Å²) in [5.41, 5.74) is 0. The fourth-order valence-electron chi connectivity index (χ4n) is 2.91. The molecule has 128 valence electrons. The quantitative estimate of drug-likeness (QED) is 0.900. The molecule has 1 saturated heterocycles. The highest BCUT2D eigenvalue weighted by molar-refractivity contribution is 5.74. The lowest BCUT2D eigenvalue weighted by molar-refractivity contribution is 0.230. The van der Waals surface area contributed by atoms with Crippen molar-refractivity contribution in [2.45, 2.75) is 38.8 Å². The number of hydrogen-bond donors (Lipinski definition) is 2. The van der Waals surface area contributed by atoms with Crippen molar-refractivity contribution in [3.05, 3.63) is 42.1 Å². The van der Waals surface area contributed by atoms with Crippen molar-refractivity contribution in [1.29, 1.82) is 0 Å². The molecule has 2 N–H and O–H groups in total. The molecular weight excluding hydrogens is 306 g/mol. The number of aryl methyl sites for hydroxylation is 1. The van der Waals surface area contributed by atoms with Gasteiger partial charge >= 0.3 is 6.03 Å². The van der Waals surface area contributed by atoms with Crippen LogP contribution in [-0.2, 0) is 0 Å². The number of furan rings is 1. The van der Waals surface area contributed by atoms with Gasteiger partial charge < -0.3 is 20.0 Å². The molecule has 0 saturated carbocycles. The molecule has 0 bridgehead atoms. The molecule has 0 spiro atoms. The third kappa shape index (κ3) is 4.04. The molecule has 2 amide bonds. The average Bonchev–Trinajstić information content (AvgIpc) is 3.02. The molecule has 1 fully saturated rings. The first-order valence-electron chi connectivity index (χ1n) is 8.27. The van der Waals surface area contributed by atoms with E-state index in [1.54, 1.807) is 18.5 Å². The minimum Gasteiger partial charge on any atom is -0.464 e. The molecule has 0 radical (unpaired) electrons. The zero-order valence-electron chi connectivity index (χ0n) is 14.0. The fraction of sp³-hybridized carbons (Fsp3) is 0.471. The van der Waals surface area contributed by atoms with Crippen molar-refractivity contribution in [3.63, 3.8) is 0 Å². The smallest absolute Gasteiger partial charge is 0.315 e. The van der Waals surface area contributed by atoms with Crippen molar-refractivity contribution in [1.82, 2.24) is 20.6 Å². The number of anilines is 1. The molecule has 0 aliphatic carbocycles. The maximum absolute atomic E-state index is 12.2. The van der Waals surface area contributed by atoms with Crippen molar-refractivity contribution >= 4 is 12.0 Å². The van der Waals surface area contributed by atoms with Crippen LogP contribution >= 0.6 is 0 Å². The SMILES string of the molecule is Cc1ccc(C(C)NC(=O)NC2CCCN(c3ncccn3)C2)o1. The van der Waals surface area contributed by atoms with E-state index in [9.17, 15) is 4.79 Å². The number of aromatic nitrogens is 2. The molecule has 1 aliphatic rings. The molecule has 2 aromatic heterocycles. The summed E-state index contributed by atoms with van der Waals surface area (Å²) in [4.78, 5) is 22.9. The van der Waals surface area contributed by atoms with Crippen molar-refractivity contribution in [3.8, 4) is 0 Å². The number of rotatable bonds is 4. The minimum absolute atomic E-state index is 0.0769. The van der Waals surface area contributed by atoms with Crippen molar-refractivity contribution < 1.29 is 9.21 Å². The van der Waals surface area contributed by atoms with Gasteiger partial charge in [-0.25, -0.2) is 14.8 Å². The van der Waals surface area contributed by atoms with Crippen LogP contribution in [0.3, 0.4) is 0 Å². The first kappa shape index (κ1) is 16.3. The van der Waals surface area contributed by atoms with Gasteiger partial charge in [0, 0.05) is 31.5 Å². The molecule has 3 heterocycles. The highest BCUT2D eigenvalue weighted by atomic mass is 16.3. The number of amides is 2. The van der Waals surface area contributed by atoms with E-state index in [2.05, 4.69) is 25.5 Å². The Morgan fingerprint density at radius 2 is 2.17 bits per heavy atom. The molecule has 24 heavy (non-hydrogen) atoms. The summed E-state index contributed by atoms with van der Waals surface area (Å²) in [7, 11) is 0. The highest BCUT2D eigenvalue weighted by Gasteiger charge is 2.23. The third-order valence-electron chi connectivity index (χ3n) is 4.13. The molecule has 0 aromatic carbocycles. The van der Waals surface area contributed by atoms with E-state index < -0.39 is 0 Å². The number of urea groups is 1. The summed E-state index contributed by atoms with van der Waals surface area (Å²) in [6, 6.07) is 5.30. The molecule has 2 unspecified atom stereocenters. The third-order valence-corrected chi connectivity index (χ3v) is 4.13. The standard InChI is InChI=1S/C17H23N5O2/c1-12-6-7-15(24-12)13(2)20-17(23)21-14-5-3-10-22(11-14)16-18-8-4-9-19-16/h4,6-9,13-14H,3,5,10-11H2,1-2H3,(H2,20,21,23). The second-order valence-corrected chi connectivity index (χ2v) is 6.12. The van der Waals surface area contributed by atoms with Crippen LogP contribution in [0, 0.1) is 6.92 Å². The van der Waals surface area contributed by atoms with E-state index in [1.165, 1.54) is 0 Å². The Bertz CT molecular complexity index is 673. The number of piperidine rings is 1. The van der Waals surface area contributed by atoms with Gasteiger partial charge in [0.25, 0.3) is 0 Å². The maximum atomic E-state index is 12.2. The molecule has 7 heteroatoms. The summed E-state index contributed by atoms with van der Waals surface area (Å²) >= 11 is 0. The fourth-order valence-corrected chi connectivity index (χ4v) is 2.91. The summed E-state index contributed by atoms with van der Waals surface area (Å²) in [5, 5.41) is 5.95. The Labute approximate surface area is 141 Å². The van der Waals surface area contributed by atoms with Crippen LogP contribution in [0.25, 0.3) is 0 Å². The Morgan fingerprint density at radius 1 is 1.38 bits per heavy atom. The number of carbonyl (C=O) groups is 1. The van der Waals surface area contributed by atoms with Gasteiger partial charge in [-0.2, -0.15) is 0 Å². The summed E-state index contributed by atoms with van der Waals surface area (Å²) in [6.45, 7) is 5.42. The first-order valence-corrected chi connectivity index (χ1v) is 8.27.